The highest BCUT2D eigenvalue weighted by atomic mass is 32.2. The molecule has 0 bridgehead atoms. The average Bonchev–Trinajstić information content (AvgIpc) is 2.86. The molecular formula is C14H23N3O3S. The lowest BCUT2D eigenvalue weighted by atomic mass is 10.1. The van der Waals surface area contributed by atoms with Crippen LogP contribution in [0.2, 0.25) is 0 Å². The second-order valence-electron chi connectivity index (χ2n) is 6.15. The highest BCUT2D eigenvalue weighted by Crippen LogP contribution is 2.26. The molecule has 118 valence electrons. The Bertz CT molecular complexity index is 647. The normalized spacial score (nSPS) is 20.9. The number of aryl methyl sites for hydroxylation is 1. The molecule has 0 aromatic carbocycles. The maximum absolute atomic E-state index is 12.3. The van der Waals surface area contributed by atoms with E-state index in [0.717, 1.165) is 5.69 Å². The van der Waals surface area contributed by atoms with Gasteiger partial charge in [0.25, 0.3) is 5.91 Å². The third-order valence-corrected chi connectivity index (χ3v) is 5.53. The maximum Gasteiger partial charge on any atom is 0.255 e. The molecule has 1 aromatic rings. The van der Waals surface area contributed by atoms with Gasteiger partial charge in [-0.3, -0.25) is 9.48 Å². The zero-order chi connectivity index (χ0) is 15.8. The number of nitrogens with one attached hydrogen (secondary N) is 1. The first-order valence-corrected chi connectivity index (χ1v) is 9.07. The quantitative estimate of drug-likeness (QED) is 0.907. The van der Waals surface area contributed by atoms with Crippen LogP contribution in [0.3, 0.4) is 0 Å². The minimum Gasteiger partial charge on any atom is -0.352 e. The molecule has 0 unspecified atom stereocenters. The van der Waals surface area contributed by atoms with Crippen molar-refractivity contribution in [3.05, 3.63) is 17.0 Å². The van der Waals surface area contributed by atoms with Crippen molar-refractivity contribution >= 4 is 15.7 Å². The topological polar surface area (TPSA) is 81.1 Å². The van der Waals surface area contributed by atoms with Crippen LogP contribution in [0.1, 0.15) is 48.1 Å². The zero-order valence-corrected chi connectivity index (χ0v) is 13.8. The van der Waals surface area contributed by atoms with Gasteiger partial charge in [0.2, 0.25) is 0 Å². The second kappa shape index (κ2) is 5.79. The molecule has 0 spiro atoms. The molecule has 1 amide bonds. The van der Waals surface area contributed by atoms with Crippen molar-refractivity contribution in [1.82, 2.24) is 15.1 Å². The fourth-order valence-electron chi connectivity index (χ4n) is 2.70. The second-order valence-corrected chi connectivity index (χ2v) is 8.38. The largest absolute Gasteiger partial charge is 0.352 e. The highest BCUT2D eigenvalue weighted by molar-refractivity contribution is 7.91. The number of hydrogen-bond donors (Lipinski definition) is 1. The van der Waals surface area contributed by atoms with E-state index in [1.54, 1.807) is 11.6 Å². The molecule has 0 saturated carbocycles. The Morgan fingerprint density at radius 3 is 2.62 bits per heavy atom. The predicted octanol–water partition coefficient (Wildman–Crippen LogP) is 1.25. The van der Waals surface area contributed by atoms with Gasteiger partial charge in [-0.25, -0.2) is 8.42 Å². The summed E-state index contributed by atoms with van der Waals surface area (Å²) in [5.41, 5.74) is 1.97. The molecule has 1 aliphatic rings. The van der Waals surface area contributed by atoms with Crippen LogP contribution in [0.15, 0.2) is 0 Å². The van der Waals surface area contributed by atoms with Crippen LogP contribution in [-0.4, -0.2) is 42.2 Å². The molecule has 2 rings (SSSR count). The molecule has 1 N–H and O–H groups in total. The molecular weight excluding hydrogens is 290 g/mol. The summed E-state index contributed by atoms with van der Waals surface area (Å²) in [5, 5.41) is 7.29. The van der Waals surface area contributed by atoms with E-state index in [-0.39, 0.29) is 23.5 Å². The molecule has 0 radical (unpaired) electrons. The first-order valence-electron chi connectivity index (χ1n) is 7.25. The summed E-state index contributed by atoms with van der Waals surface area (Å²) < 4.78 is 24.9. The van der Waals surface area contributed by atoms with E-state index in [4.69, 9.17) is 0 Å². The van der Waals surface area contributed by atoms with Crippen molar-refractivity contribution in [2.45, 2.75) is 40.2 Å². The van der Waals surface area contributed by atoms with Crippen LogP contribution in [0.25, 0.3) is 0 Å². The minimum absolute atomic E-state index is 0.113. The van der Waals surface area contributed by atoms with Gasteiger partial charge in [-0.05, 0) is 26.2 Å². The van der Waals surface area contributed by atoms with Crippen molar-refractivity contribution in [3.63, 3.8) is 0 Å². The van der Waals surface area contributed by atoms with E-state index in [1.807, 2.05) is 20.8 Å². The summed E-state index contributed by atoms with van der Waals surface area (Å²) >= 11 is 0. The predicted molar refractivity (Wildman–Crippen MR) is 81.2 cm³/mol. The van der Waals surface area contributed by atoms with Crippen LogP contribution in [0.5, 0.6) is 0 Å². The number of carbonyl (C=O) groups is 1. The third kappa shape index (κ3) is 3.45. The Kier molecular flexibility index (Phi) is 4.41. The summed E-state index contributed by atoms with van der Waals surface area (Å²) in [6, 6.07) is -0.152. The Labute approximate surface area is 125 Å². The molecule has 1 fully saturated rings. The molecule has 21 heavy (non-hydrogen) atoms. The van der Waals surface area contributed by atoms with Gasteiger partial charge in [-0.1, -0.05) is 13.8 Å². The summed E-state index contributed by atoms with van der Waals surface area (Å²) in [6.07, 6.45) is 0.567. The number of hydrogen-bond acceptors (Lipinski definition) is 4. The fraction of sp³-hybridized carbons (Fsp3) is 0.714. The molecule has 1 aromatic heterocycles. The Balaban J connectivity index is 2.24. The van der Waals surface area contributed by atoms with E-state index in [2.05, 4.69) is 10.4 Å². The summed E-state index contributed by atoms with van der Waals surface area (Å²) in [6.45, 7) is 8.30. The van der Waals surface area contributed by atoms with Gasteiger partial charge >= 0.3 is 0 Å². The molecule has 2 heterocycles. The summed E-state index contributed by atoms with van der Waals surface area (Å²) in [5.74, 6) is 0.558. The van der Waals surface area contributed by atoms with Gasteiger partial charge in [0.05, 0.1) is 28.8 Å². The van der Waals surface area contributed by atoms with E-state index in [0.29, 0.717) is 30.1 Å². The lowest BCUT2D eigenvalue weighted by Crippen LogP contribution is -2.28. The van der Waals surface area contributed by atoms with Crippen LogP contribution < -0.4 is 5.32 Å². The van der Waals surface area contributed by atoms with Crippen LogP contribution in [0.4, 0.5) is 0 Å². The van der Waals surface area contributed by atoms with E-state index in [9.17, 15) is 13.2 Å². The molecule has 1 aliphatic heterocycles. The van der Waals surface area contributed by atoms with E-state index in [1.165, 1.54) is 0 Å². The highest BCUT2D eigenvalue weighted by Gasteiger charge is 2.32. The maximum atomic E-state index is 12.3. The minimum atomic E-state index is -2.97. The molecule has 1 atom stereocenters. The van der Waals surface area contributed by atoms with Crippen LogP contribution >= 0.6 is 0 Å². The summed E-state index contributed by atoms with van der Waals surface area (Å²) in [7, 11) is -2.97. The molecule has 7 heteroatoms. The van der Waals surface area contributed by atoms with E-state index < -0.39 is 9.84 Å². The third-order valence-electron chi connectivity index (χ3n) is 3.78. The molecule has 0 aliphatic carbocycles. The summed E-state index contributed by atoms with van der Waals surface area (Å²) in [4.78, 5) is 12.3. The standard InChI is InChI=1S/C14H23N3O3S/c1-9(2)7-15-14(18)13-10(3)16-17(11(13)4)12-5-6-21(19,20)8-12/h9,12H,5-8H2,1-4H3,(H,15,18)/t12-/m1/s1. The van der Waals surface area contributed by atoms with Crippen molar-refractivity contribution in [3.8, 4) is 0 Å². The SMILES string of the molecule is Cc1nn([C@@H]2CCS(=O)(=O)C2)c(C)c1C(=O)NCC(C)C. The first-order chi connectivity index (χ1) is 9.71. The van der Waals surface area contributed by atoms with Gasteiger partial charge in [0.1, 0.15) is 0 Å². The van der Waals surface area contributed by atoms with Crippen LogP contribution in [-0.2, 0) is 9.84 Å². The number of rotatable bonds is 4. The van der Waals surface area contributed by atoms with Gasteiger partial charge in [-0.15, -0.1) is 0 Å². The number of sulfone groups is 1. The van der Waals surface area contributed by atoms with Gasteiger partial charge in [-0.2, -0.15) is 5.10 Å². The Hall–Kier alpha value is -1.37. The number of aromatic nitrogens is 2. The average molecular weight is 313 g/mol. The molecule has 6 nitrogen and oxygen atoms in total. The number of carbonyl (C=O) groups excluding carboxylic acids is 1. The first kappa shape index (κ1) is 16.0. The van der Waals surface area contributed by atoms with Gasteiger partial charge in [0, 0.05) is 12.2 Å². The van der Waals surface area contributed by atoms with Gasteiger partial charge < -0.3 is 5.32 Å². The Morgan fingerprint density at radius 2 is 2.10 bits per heavy atom. The monoisotopic (exact) mass is 313 g/mol. The zero-order valence-electron chi connectivity index (χ0n) is 13.0. The molecule has 1 saturated heterocycles. The van der Waals surface area contributed by atoms with Crippen molar-refractivity contribution in [2.75, 3.05) is 18.1 Å². The number of nitrogens with zero attached hydrogens (tertiary/aromatic N) is 2. The van der Waals surface area contributed by atoms with Crippen LogP contribution in [0, 0.1) is 19.8 Å². The van der Waals surface area contributed by atoms with E-state index >= 15 is 0 Å². The van der Waals surface area contributed by atoms with Gasteiger partial charge in [0.15, 0.2) is 9.84 Å². The number of amides is 1. The lowest BCUT2D eigenvalue weighted by molar-refractivity contribution is 0.0947. The van der Waals surface area contributed by atoms with Crippen molar-refractivity contribution < 1.29 is 13.2 Å². The Morgan fingerprint density at radius 1 is 1.43 bits per heavy atom. The van der Waals surface area contributed by atoms with Crippen molar-refractivity contribution in [2.24, 2.45) is 5.92 Å². The van der Waals surface area contributed by atoms with Crippen molar-refractivity contribution in [1.29, 1.82) is 0 Å². The fourth-order valence-corrected chi connectivity index (χ4v) is 4.39. The lowest BCUT2D eigenvalue weighted by Gasteiger charge is -2.12. The smallest absolute Gasteiger partial charge is 0.255 e.